The standard InChI is InChI=1S/C15H19BrClN3O2.ClH/c16-13-4-3-11(17)8-12(13)15(22)20-7-1-2-10(9-20)14(21)19-6-5-18;/h3-4,8,10H,1-2,5-7,9,18H2,(H,19,21);1H. The van der Waals surface area contributed by atoms with Crippen molar-refractivity contribution in [3.05, 3.63) is 33.3 Å². The van der Waals surface area contributed by atoms with Crippen LogP contribution in [0.3, 0.4) is 0 Å². The molecule has 1 aliphatic heterocycles. The van der Waals surface area contributed by atoms with Crippen molar-refractivity contribution in [3.8, 4) is 0 Å². The first kappa shape index (κ1) is 20.2. The number of amides is 2. The summed E-state index contributed by atoms with van der Waals surface area (Å²) in [7, 11) is 0. The fourth-order valence-electron chi connectivity index (χ4n) is 2.55. The van der Waals surface area contributed by atoms with Crippen molar-refractivity contribution in [2.24, 2.45) is 11.7 Å². The normalized spacial score (nSPS) is 17.3. The maximum absolute atomic E-state index is 12.6. The highest BCUT2D eigenvalue weighted by Gasteiger charge is 2.29. The summed E-state index contributed by atoms with van der Waals surface area (Å²) in [6, 6.07) is 5.12. The number of carbonyl (C=O) groups excluding carboxylic acids is 2. The molecule has 1 fully saturated rings. The molecule has 1 saturated heterocycles. The van der Waals surface area contributed by atoms with Gasteiger partial charge in [-0.1, -0.05) is 11.6 Å². The monoisotopic (exact) mass is 423 g/mol. The summed E-state index contributed by atoms with van der Waals surface area (Å²) >= 11 is 9.35. The zero-order valence-electron chi connectivity index (χ0n) is 12.6. The molecule has 1 aliphatic rings. The SMILES string of the molecule is Cl.NCCNC(=O)C1CCCN(C(=O)c2cc(Cl)ccc2Br)C1. The third-order valence-corrected chi connectivity index (χ3v) is 4.61. The second-order valence-corrected chi connectivity index (χ2v) is 6.58. The minimum Gasteiger partial charge on any atom is -0.355 e. The van der Waals surface area contributed by atoms with Crippen LogP contribution in [0.5, 0.6) is 0 Å². The van der Waals surface area contributed by atoms with Gasteiger partial charge in [-0.2, -0.15) is 0 Å². The summed E-state index contributed by atoms with van der Waals surface area (Å²) in [6.07, 6.45) is 1.60. The van der Waals surface area contributed by atoms with E-state index in [4.69, 9.17) is 17.3 Å². The molecule has 0 bridgehead atoms. The fourth-order valence-corrected chi connectivity index (χ4v) is 3.14. The summed E-state index contributed by atoms with van der Waals surface area (Å²) in [6.45, 7) is 1.95. The van der Waals surface area contributed by atoms with Crippen molar-refractivity contribution in [2.75, 3.05) is 26.2 Å². The largest absolute Gasteiger partial charge is 0.355 e. The molecule has 8 heteroatoms. The number of carbonyl (C=O) groups is 2. The number of nitrogens with zero attached hydrogens (tertiary/aromatic N) is 1. The van der Waals surface area contributed by atoms with Gasteiger partial charge in [-0.05, 0) is 47.0 Å². The van der Waals surface area contributed by atoms with Gasteiger partial charge in [0.15, 0.2) is 0 Å². The van der Waals surface area contributed by atoms with Crippen LogP contribution < -0.4 is 11.1 Å². The number of benzene rings is 1. The number of piperidine rings is 1. The van der Waals surface area contributed by atoms with Gasteiger partial charge in [0.2, 0.25) is 5.91 Å². The van der Waals surface area contributed by atoms with E-state index in [0.29, 0.717) is 41.2 Å². The van der Waals surface area contributed by atoms with Crippen molar-refractivity contribution in [1.29, 1.82) is 0 Å². The molecule has 5 nitrogen and oxygen atoms in total. The molecular weight excluding hydrogens is 405 g/mol. The first-order valence-electron chi connectivity index (χ1n) is 7.25. The second-order valence-electron chi connectivity index (χ2n) is 5.29. The minimum atomic E-state index is -0.179. The maximum Gasteiger partial charge on any atom is 0.255 e. The predicted octanol–water partition coefficient (Wildman–Crippen LogP) is 2.45. The van der Waals surface area contributed by atoms with Crippen molar-refractivity contribution >= 4 is 51.8 Å². The van der Waals surface area contributed by atoms with E-state index in [-0.39, 0.29) is 30.1 Å². The van der Waals surface area contributed by atoms with E-state index >= 15 is 0 Å². The van der Waals surface area contributed by atoms with E-state index in [0.717, 1.165) is 12.8 Å². The number of likely N-dealkylation sites (tertiary alicyclic amines) is 1. The van der Waals surface area contributed by atoms with Gasteiger partial charge in [-0.25, -0.2) is 0 Å². The van der Waals surface area contributed by atoms with E-state index in [2.05, 4.69) is 21.2 Å². The Hall–Kier alpha value is -0.820. The quantitative estimate of drug-likeness (QED) is 0.779. The van der Waals surface area contributed by atoms with E-state index in [1.54, 1.807) is 23.1 Å². The Kier molecular flexibility index (Phi) is 8.33. The smallest absolute Gasteiger partial charge is 0.255 e. The third-order valence-electron chi connectivity index (χ3n) is 3.68. The van der Waals surface area contributed by atoms with Gasteiger partial charge >= 0.3 is 0 Å². The number of nitrogens with one attached hydrogen (secondary N) is 1. The molecule has 2 rings (SSSR count). The topological polar surface area (TPSA) is 75.4 Å². The molecule has 2 amide bonds. The van der Waals surface area contributed by atoms with E-state index in [9.17, 15) is 9.59 Å². The average Bonchev–Trinajstić information content (AvgIpc) is 2.54. The lowest BCUT2D eigenvalue weighted by atomic mass is 9.96. The van der Waals surface area contributed by atoms with E-state index in [1.807, 2.05) is 0 Å². The number of halogens is 3. The molecule has 0 aliphatic carbocycles. The average molecular weight is 425 g/mol. The van der Waals surface area contributed by atoms with Crippen molar-refractivity contribution in [3.63, 3.8) is 0 Å². The Labute approximate surface area is 155 Å². The third kappa shape index (κ3) is 5.35. The van der Waals surface area contributed by atoms with Crippen LogP contribution >= 0.6 is 39.9 Å². The maximum atomic E-state index is 12.6. The molecule has 0 radical (unpaired) electrons. The summed E-state index contributed by atoms with van der Waals surface area (Å²) < 4.78 is 0.705. The molecular formula is C15H20BrCl2N3O2. The fraction of sp³-hybridized carbons (Fsp3) is 0.467. The van der Waals surface area contributed by atoms with Gasteiger partial charge in [-0.3, -0.25) is 9.59 Å². The Morgan fingerprint density at radius 3 is 2.87 bits per heavy atom. The lowest BCUT2D eigenvalue weighted by molar-refractivity contribution is -0.126. The van der Waals surface area contributed by atoms with Crippen LogP contribution in [0.25, 0.3) is 0 Å². The lowest BCUT2D eigenvalue weighted by Crippen LogP contribution is -2.46. The number of hydrogen-bond acceptors (Lipinski definition) is 3. The van der Waals surface area contributed by atoms with Crippen LogP contribution in [0.1, 0.15) is 23.2 Å². The molecule has 1 atom stereocenters. The summed E-state index contributed by atoms with van der Waals surface area (Å²) in [4.78, 5) is 26.4. The van der Waals surface area contributed by atoms with Crippen LogP contribution in [0.4, 0.5) is 0 Å². The van der Waals surface area contributed by atoms with Gasteiger partial charge in [0.05, 0.1) is 11.5 Å². The molecule has 1 aromatic carbocycles. The number of nitrogens with two attached hydrogens (primary N) is 1. The predicted molar refractivity (Wildman–Crippen MR) is 97.1 cm³/mol. The lowest BCUT2D eigenvalue weighted by Gasteiger charge is -2.32. The number of hydrogen-bond donors (Lipinski definition) is 2. The van der Waals surface area contributed by atoms with Crippen LogP contribution in [-0.2, 0) is 4.79 Å². The Balaban J connectivity index is 0.00000264. The Bertz CT molecular complexity index is 572. The summed E-state index contributed by atoms with van der Waals surface area (Å²) in [5, 5.41) is 3.30. The van der Waals surface area contributed by atoms with E-state index < -0.39 is 0 Å². The molecule has 128 valence electrons. The first-order chi connectivity index (χ1) is 10.5. The van der Waals surface area contributed by atoms with Gasteiger partial charge in [0.1, 0.15) is 0 Å². The molecule has 1 aromatic rings. The van der Waals surface area contributed by atoms with Crippen LogP contribution in [-0.4, -0.2) is 42.9 Å². The zero-order chi connectivity index (χ0) is 16.1. The number of rotatable bonds is 4. The molecule has 0 saturated carbocycles. The van der Waals surface area contributed by atoms with Crippen molar-refractivity contribution in [1.82, 2.24) is 10.2 Å². The Morgan fingerprint density at radius 2 is 2.17 bits per heavy atom. The molecule has 0 aromatic heterocycles. The molecule has 23 heavy (non-hydrogen) atoms. The molecule has 0 spiro atoms. The Morgan fingerprint density at radius 1 is 1.43 bits per heavy atom. The summed E-state index contributed by atoms with van der Waals surface area (Å²) in [5.41, 5.74) is 5.92. The first-order valence-corrected chi connectivity index (χ1v) is 8.42. The van der Waals surface area contributed by atoms with Crippen LogP contribution in [0.2, 0.25) is 5.02 Å². The molecule has 1 unspecified atom stereocenters. The van der Waals surface area contributed by atoms with Crippen molar-refractivity contribution < 1.29 is 9.59 Å². The highest BCUT2D eigenvalue weighted by molar-refractivity contribution is 9.10. The molecule has 3 N–H and O–H groups in total. The van der Waals surface area contributed by atoms with Crippen LogP contribution in [0.15, 0.2) is 22.7 Å². The highest BCUT2D eigenvalue weighted by atomic mass is 79.9. The second kappa shape index (κ2) is 9.47. The highest BCUT2D eigenvalue weighted by Crippen LogP contribution is 2.25. The summed E-state index contributed by atoms with van der Waals surface area (Å²) in [5.74, 6) is -0.319. The minimum absolute atomic E-state index is 0. The van der Waals surface area contributed by atoms with Gasteiger partial charge in [0, 0.05) is 35.7 Å². The van der Waals surface area contributed by atoms with Gasteiger partial charge in [-0.15, -0.1) is 12.4 Å². The van der Waals surface area contributed by atoms with E-state index in [1.165, 1.54) is 0 Å². The van der Waals surface area contributed by atoms with Crippen LogP contribution in [0, 0.1) is 5.92 Å². The van der Waals surface area contributed by atoms with Gasteiger partial charge < -0.3 is 16.0 Å². The zero-order valence-corrected chi connectivity index (χ0v) is 15.7. The molecule has 1 heterocycles. The van der Waals surface area contributed by atoms with Gasteiger partial charge in [0.25, 0.3) is 5.91 Å². The van der Waals surface area contributed by atoms with Crippen molar-refractivity contribution in [2.45, 2.75) is 12.8 Å².